The number of nitrogens with zero attached hydrogens (tertiary/aromatic N) is 3. The number of halogens is 1. The monoisotopic (exact) mass is 200 g/mol. The molecule has 4 nitrogen and oxygen atoms in total. The lowest BCUT2D eigenvalue weighted by Gasteiger charge is -1.87. The van der Waals surface area contributed by atoms with E-state index in [1.807, 2.05) is 6.92 Å². The van der Waals surface area contributed by atoms with E-state index in [9.17, 15) is 0 Å². The zero-order valence-electron chi connectivity index (χ0n) is 6.21. The summed E-state index contributed by atoms with van der Waals surface area (Å²) in [6.45, 7) is 1.93. The van der Waals surface area contributed by atoms with Gasteiger partial charge in [-0.05, 0) is 18.5 Å². The number of aryl methyl sites for hydroxylation is 1. The lowest BCUT2D eigenvalue weighted by atomic mass is 10.3. The van der Waals surface area contributed by atoms with Crippen LogP contribution in [0, 0.1) is 6.92 Å². The van der Waals surface area contributed by atoms with E-state index in [-0.39, 0.29) is 0 Å². The third-order valence-corrected chi connectivity index (χ3v) is 2.51. The summed E-state index contributed by atoms with van der Waals surface area (Å²) in [5.41, 5.74) is 1.93. The van der Waals surface area contributed by atoms with Gasteiger partial charge in [0.2, 0.25) is 4.47 Å². The normalized spacial score (nSPS) is 10.5. The van der Waals surface area contributed by atoms with Gasteiger partial charge < -0.3 is 0 Å². The van der Waals surface area contributed by atoms with Gasteiger partial charge in [-0.3, -0.25) is 5.10 Å². The van der Waals surface area contributed by atoms with Crippen LogP contribution in [0.2, 0.25) is 4.47 Å². The van der Waals surface area contributed by atoms with Gasteiger partial charge in [-0.15, -0.1) is 10.2 Å². The smallest absolute Gasteiger partial charge is 0.207 e. The van der Waals surface area contributed by atoms with Crippen molar-refractivity contribution in [1.29, 1.82) is 0 Å². The lowest BCUT2D eigenvalue weighted by Crippen LogP contribution is -1.77. The number of hydrogen-bond donors (Lipinski definition) is 1. The molecule has 0 amide bonds. The highest BCUT2D eigenvalue weighted by Crippen LogP contribution is 2.26. The van der Waals surface area contributed by atoms with E-state index in [2.05, 4.69) is 20.4 Å². The first-order valence-corrected chi connectivity index (χ1v) is 4.46. The molecule has 0 saturated heterocycles. The van der Waals surface area contributed by atoms with Crippen molar-refractivity contribution in [2.24, 2.45) is 0 Å². The van der Waals surface area contributed by atoms with Crippen LogP contribution < -0.4 is 0 Å². The topological polar surface area (TPSA) is 54.5 Å². The third-order valence-electron chi connectivity index (χ3n) is 1.46. The molecule has 0 bridgehead atoms. The molecule has 0 aliphatic heterocycles. The Balaban J connectivity index is 2.50. The highest BCUT2D eigenvalue weighted by atomic mass is 35.5. The maximum atomic E-state index is 5.64. The van der Waals surface area contributed by atoms with Gasteiger partial charge in [-0.2, -0.15) is 5.10 Å². The first kappa shape index (κ1) is 7.70. The average Bonchev–Trinajstić information content (AvgIpc) is 2.58. The third kappa shape index (κ3) is 1.21. The Kier molecular flexibility index (Phi) is 1.82. The Bertz CT molecular complexity index is 394. The summed E-state index contributed by atoms with van der Waals surface area (Å²) < 4.78 is 0.450. The van der Waals surface area contributed by atoms with Crippen LogP contribution in [0.25, 0.3) is 10.6 Å². The van der Waals surface area contributed by atoms with Crippen molar-refractivity contribution < 1.29 is 0 Å². The second kappa shape index (κ2) is 2.84. The molecular formula is C6H5ClN4S. The van der Waals surface area contributed by atoms with E-state index in [0.717, 1.165) is 16.3 Å². The molecule has 0 atom stereocenters. The molecule has 6 heteroatoms. The quantitative estimate of drug-likeness (QED) is 0.765. The number of H-pyrrole nitrogens is 1. The molecule has 12 heavy (non-hydrogen) atoms. The molecule has 2 heterocycles. The number of aromatic nitrogens is 4. The summed E-state index contributed by atoms with van der Waals surface area (Å²) in [6, 6.07) is 0. The number of hydrogen-bond acceptors (Lipinski definition) is 4. The maximum Gasteiger partial charge on any atom is 0.207 e. The van der Waals surface area contributed by atoms with Crippen molar-refractivity contribution in [3.05, 3.63) is 16.4 Å². The van der Waals surface area contributed by atoms with Gasteiger partial charge in [0.25, 0.3) is 0 Å². The van der Waals surface area contributed by atoms with Crippen molar-refractivity contribution in [3.63, 3.8) is 0 Å². The van der Waals surface area contributed by atoms with Crippen LogP contribution in [-0.4, -0.2) is 20.4 Å². The largest absolute Gasteiger partial charge is 0.282 e. The highest BCUT2D eigenvalue weighted by molar-refractivity contribution is 7.18. The first-order chi connectivity index (χ1) is 5.77. The fraction of sp³-hybridized carbons (Fsp3) is 0.167. The minimum absolute atomic E-state index is 0.450. The molecule has 0 aliphatic carbocycles. The average molecular weight is 201 g/mol. The molecule has 0 radical (unpaired) electrons. The van der Waals surface area contributed by atoms with E-state index in [1.165, 1.54) is 11.3 Å². The van der Waals surface area contributed by atoms with E-state index in [1.54, 1.807) is 6.20 Å². The summed E-state index contributed by atoms with van der Waals surface area (Å²) >= 11 is 6.99. The van der Waals surface area contributed by atoms with Crippen LogP contribution in [0.3, 0.4) is 0 Å². The molecule has 0 unspecified atom stereocenters. The first-order valence-electron chi connectivity index (χ1n) is 3.26. The highest BCUT2D eigenvalue weighted by Gasteiger charge is 2.08. The van der Waals surface area contributed by atoms with Gasteiger partial charge in [-0.1, -0.05) is 11.3 Å². The van der Waals surface area contributed by atoms with Gasteiger partial charge >= 0.3 is 0 Å². The summed E-state index contributed by atoms with van der Waals surface area (Å²) in [5, 5.41) is 15.1. The van der Waals surface area contributed by atoms with Gasteiger partial charge in [0.05, 0.1) is 11.8 Å². The van der Waals surface area contributed by atoms with Crippen LogP contribution in [0.15, 0.2) is 6.20 Å². The number of nitrogens with one attached hydrogen (secondary N) is 1. The van der Waals surface area contributed by atoms with Crippen molar-refractivity contribution >= 4 is 22.9 Å². The minimum Gasteiger partial charge on any atom is -0.282 e. The van der Waals surface area contributed by atoms with Crippen molar-refractivity contribution in [2.45, 2.75) is 6.92 Å². The summed E-state index contributed by atoms with van der Waals surface area (Å²) in [5.74, 6) is 0. The molecule has 62 valence electrons. The number of aromatic amines is 1. The van der Waals surface area contributed by atoms with Crippen LogP contribution in [0.4, 0.5) is 0 Å². The lowest BCUT2D eigenvalue weighted by molar-refractivity contribution is 1.05. The second-order valence-electron chi connectivity index (χ2n) is 2.27. The molecule has 0 saturated carbocycles. The zero-order valence-corrected chi connectivity index (χ0v) is 7.78. The Morgan fingerprint density at radius 3 is 2.83 bits per heavy atom. The SMILES string of the molecule is Cc1[nH]ncc1-c1nnc(Cl)s1. The number of rotatable bonds is 1. The fourth-order valence-electron chi connectivity index (χ4n) is 0.880. The van der Waals surface area contributed by atoms with Crippen molar-refractivity contribution in [1.82, 2.24) is 20.4 Å². The molecule has 2 aromatic rings. The Hall–Kier alpha value is -0.940. The maximum absolute atomic E-state index is 5.64. The Labute approximate surface area is 77.6 Å². The molecule has 0 aliphatic rings. The molecule has 0 fully saturated rings. The van der Waals surface area contributed by atoms with Crippen molar-refractivity contribution in [2.75, 3.05) is 0 Å². The van der Waals surface area contributed by atoms with E-state index < -0.39 is 0 Å². The Morgan fingerprint density at radius 1 is 1.50 bits per heavy atom. The standard InChI is InChI=1S/C6H5ClN4S/c1-3-4(2-8-9-3)5-10-11-6(7)12-5/h2H,1H3,(H,8,9). The van der Waals surface area contributed by atoms with Crippen molar-refractivity contribution in [3.8, 4) is 10.6 Å². The zero-order chi connectivity index (χ0) is 8.55. The molecule has 0 aromatic carbocycles. The van der Waals surface area contributed by atoms with Crippen LogP contribution in [-0.2, 0) is 0 Å². The molecule has 2 aromatic heterocycles. The van der Waals surface area contributed by atoms with Crippen LogP contribution >= 0.6 is 22.9 Å². The predicted molar refractivity (Wildman–Crippen MR) is 47.2 cm³/mol. The molecule has 1 N–H and O–H groups in total. The van der Waals surface area contributed by atoms with Gasteiger partial charge in [0.15, 0.2) is 5.01 Å². The predicted octanol–water partition coefficient (Wildman–Crippen LogP) is 1.89. The minimum atomic E-state index is 0.450. The molecular weight excluding hydrogens is 196 g/mol. The molecule has 0 spiro atoms. The second-order valence-corrected chi connectivity index (χ2v) is 3.83. The summed E-state index contributed by atoms with van der Waals surface area (Å²) in [4.78, 5) is 0. The van der Waals surface area contributed by atoms with Gasteiger partial charge in [0, 0.05) is 5.69 Å². The Morgan fingerprint density at radius 2 is 2.33 bits per heavy atom. The van der Waals surface area contributed by atoms with Crippen LogP contribution in [0.5, 0.6) is 0 Å². The van der Waals surface area contributed by atoms with Gasteiger partial charge in [0.1, 0.15) is 0 Å². The van der Waals surface area contributed by atoms with E-state index in [0.29, 0.717) is 4.47 Å². The summed E-state index contributed by atoms with van der Waals surface area (Å²) in [6.07, 6.45) is 1.71. The fourth-order valence-corrected chi connectivity index (χ4v) is 1.78. The summed E-state index contributed by atoms with van der Waals surface area (Å²) in [7, 11) is 0. The van der Waals surface area contributed by atoms with Crippen LogP contribution in [0.1, 0.15) is 5.69 Å². The van der Waals surface area contributed by atoms with E-state index in [4.69, 9.17) is 11.6 Å². The van der Waals surface area contributed by atoms with E-state index >= 15 is 0 Å². The molecule has 2 rings (SSSR count). The van der Waals surface area contributed by atoms with Gasteiger partial charge in [-0.25, -0.2) is 0 Å².